The highest BCUT2D eigenvalue weighted by molar-refractivity contribution is 5.55. The highest BCUT2D eigenvalue weighted by Gasteiger charge is 2.14. The van der Waals surface area contributed by atoms with Gasteiger partial charge in [0, 0.05) is 12.1 Å². The maximum absolute atomic E-state index is 12.9. The van der Waals surface area contributed by atoms with Crippen molar-refractivity contribution < 1.29 is 9.50 Å². The van der Waals surface area contributed by atoms with E-state index in [9.17, 15) is 9.50 Å². The Morgan fingerprint density at radius 1 is 1.22 bits per heavy atom. The summed E-state index contributed by atoms with van der Waals surface area (Å²) in [5, 5.41) is 17.3. The van der Waals surface area contributed by atoms with E-state index >= 15 is 0 Å². The van der Waals surface area contributed by atoms with E-state index in [1.807, 2.05) is 4.57 Å². The lowest BCUT2D eigenvalue weighted by molar-refractivity contribution is 0.262. The Hall–Kier alpha value is -1.75. The zero-order valence-corrected chi connectivity index (χ0v) is 10.5. The molecule has 0 atom stereocenters. The number of rotatable bonds is 4. The van der Waals surface area contributed by atoms with Gasteiger partial charge >= 0.3 is 0 Å². The van der Waals surface area contributed by atoms with Gasteiger partial charge < -0.3 is 9.67 Å². The zero-order chi connectivity index (χ0) is 13.1. The average molecular weight is 249 g/mol. The minimum Gasteiger partial charge on any atom is -0.388 e. The van der Waals surface area contributed by atoms with E-state index in [1.54, 1.807) is 12.1 Å². The first-order valence-corrected chi connectivity index (χ1v) is 5.90. The minimum absolute atomic E-state index is 0.152. The Bertz CT molecular complexity index is 520. The lowest BCUT2D eigenvalue weighted by Crippen LogP contribution is -2.10. The van der Waals surface area contributed by atoms with Crippen LogP contribution in [0.1, 0.15) is 19.7 Å². The Morgan fingerprint density at radius 3 is 2.44 bits per heavy atom. The number of aromatic nitrogens is 3. The number of hydrogen-bond donors (Lipinski definition) is 1. The molecule has 5 heteroatoms. The molecular weight excluding hydrogens is 233 g/mol. The number of nitrogens with zero attached hydrogens (tertiary/aromatic N) is 3. The van der Waals surface area contributed by atoms with Gasteiger partial charge in [-0.3, -0.25) is 0 Å². The molecule has 0 saturated carbocycles. The lowest BCUT2D eigenvalue weighted by atomic mass is 10.2. The van der Waals surface area contributed by atoms with E-state index < -0.39 is 0 Å². The van der Waals surface area contributed by atoms with Crippen LogP contribution in [0, 0.1) is 11.7 Å². The molecule has 0 bridgehead atoms. The topological polar surface area (TPSA) is 50.9 Å². The van der Waals surface area contributed by atoms with Crippen LogP contribution < -0.4 is 0 Å². The first-order valence-electron chi connectivity index (χ1n) is 5.90. The predicted octanol–water partition coefficient (Wildman–Crippen LogP) is 2.23. The largest absolute Gasteiger partial charge is 0.388 e. The number of benzene rings is 1. The summed E-state index contributed by atoms with van der Waals surface area (Å²) in [4.78, 5) is 0. The van der Waals surface area contributed by atoms with Crippen LogP contribution in [0.2, 0.25) is 0 Å². The number of halogens is 1. The molecule has 1 aromatic heterocycles. The van der Waals surface area contributed by atoms with Crippen molar-refractivity contribution in [2.75, 3.05) is 0 Å². The summed E-state index contributed by atoms with van der Waals surface area (Å²) in [5.74, 6) is 1.32. The van der Waals surface area contributed by atoms with E-state index in [2.05, 4.69) is 24.0 Å². The normalized spacial score (nSPS) is 11.2. The smallest absolute Gasteiger partial charge is 0.164 e. The van der Waals surface area contributed by atoms with Gasteiger partial charge in [-0.1, -0.05) is 13.8 Å². The fraction of sp³-hybridized carbons (Fsp3) is 0.385. The van der Waals surface area contributed by atoms with Crippen LogP contribution in [0.3, 0.4) is 0 Å². The van der Waals surface area contributed by atoms with E-state index in [4.69, 9.17) is 0 Å². The van der Waals surface area contributed by atoms with Gasteiger partial charge in [0.05, 0.1) is 0 Å². The summed E-state index contributed by atoms with van der Waals surface area (Å²) in [6.45, 7) is 4.72. The van der Waals surface area contributed by atoms with Crippen molar-refractivity contribution in [2.24, 2.45) is 5.92 Å². The van der Waals surface area contributed by atoms with E-state index in [0.717, 1.165) is 12.1 Å². The monoisotopic (exact) mass is 249 g/mol. The fourth-order valence-electron chi connectivity index (χ4n) is 1.82. The van der Waals surface area contributed by atoms with Crippen LogP contribution in [-0.4, -0.2) is 19.9 Å². The van der Waals surface area contributed by atoms with Gasteiger partial charge in [0.2, 0.25) is 0 Å². The molecule has 1 N–H and O–H groups in total. The number of aliphatic hydroxyl groups is 1. The van der Waals surface area contributed by atoms with Gasteiger partial charge in [-0.2, -0.15) is 0 Å². The minimum atomic E-state index is -0.281. The van der Waals surface area contributed by atoms with Crippen molar-refractivity contribution in [1.82, 2.24) is 14.8 Å². The van der Waals surface area contributed by atoms with Crippen LogP contribution in [0.25, 0.3) is 11.4 Å². The second-order valence-corrected chi connectivity index (χ2v) is 4.61. The Kier molecular flexibility index (Phi) is 3.72. The summed E-state index contributed by atoms with van der Waals surface area (Å²) >= 11 is 0. The van der Waals surface area contributed by atoms with Gasteiger partial charge in [-0.15, -0.1) is 10.2 Å². The molecule has 96 valence electrons. The van der Waals surface area contributed by atoms with Gasteiger partial charge in [-0.25, -0.2) is 4.39 Å². The third kappa shape index (κ3) is 2.56. The SMILES string of the molecule is CC(C)Cn1c(CO)nnc1-c1ccc(F)cc1. The molecular formula is C13H16FN3O. The van der Waals surface area contributed by atoms with Crippen LogP contribution in [0.5, 0.6) is 0 Å². The molecule has 2 aromatic rings. The van der Waals surface area contributed by atoms with Gasteiger partial charge in [0.25, 0.3) is 0 Å². The van der Waals surface area contributed by atoms with Crippen molar-refractivity contribution in [3.63, 3.8) is 0 Å². The van der Waals surface area contributed by atoms with E-state index in [-0.39, 0.29) is 12.4 Å². The molecule has 2 rings (SSSR count). The Balaban J connectivity index is 2.43. The maximum Gasteiger partial charge on any atom is 0.164 e. The van der Waals surface area contributed by atoms with Gasteiger partial charge in [-0.05, 0) is 30.2 Å². The molecule has 4 nitrogen and oxygen atoms in total. The third-order valence-corrected chi connectivity index (χ3v) is 2.62. The van der Waals surface area contributed by atoms with Crippen molar-refractivity contribution in [2.45, 2.75) is 27.0 Å². The van der Waals surface area contributed by atoms with Crippen molar-refractivity contribution in [3.05, 3.63) is 35.9 Å². The summed E-state index contributed by atoms with van der Waals surface area (Å²) in [6, 6.07) is 6.11. The summed E-state index contributed by atoms with van der Waals surface area (Å²) in [6.07, 6.45) is 0. The molecule has 0 aliphatic carbocycles. The maximum atomic E-state index is 12.9. The summed E-state index contributed by atoms with van der Waals surface area (Å²) in [7, 11) is 0. The Morgan fingerprint density at radius 2 is 1.89 bits per heavy atom. The molecule has 1 heterocycles. The molecule has 0 radical (unpaired) electrons. The molecule has 0 aliphatic rings. The quantitative estimate of drug-likeness (QED) is 0.904. The second-order valence-electron chi connectivity index (χ2n) is 4.61. The standard InChI is InChI=1S/C13H16FN3O/c1-9(2)7-17-12(8-18)15-16-13(17)10-3-5-11(14)6-4-10/h3-6,9,18H,7-8H2,1-2H3. The third-order valence-electron chi connectivity index (χ3n) is 2.62. The van der Waals surface area contributed by atoms with Crippen molar-refractivity contribution in [1.29, 1.82) is 0 Å². The first kappa shape index (κ1) is 12.7. The highest BCUT2D eigenvalue weighted by Crippen LogP contribution is 2.20. The molecule has 1 aromatic carbocycles. The van der Waals surface area contributed by atoms with E-state index in [1.165, 1.54) is 12.1 Å². The molecule has 18 heavy (non-hydrogen) atoms. The van der Waals surface area contributed by atoms with Gasteiger partial charge in [0.15, 0.2) is 11.6 Å². The zero-order valence-electron chi connectivity index (χ0n) is 10.5. The molecule has 0 fully saturated rings. The molecule has 0 unspecified atom stereocenters. The van der Waals surface area contributed by atoms with Gasteiger partial charge in [0.1, 0.15) is 12.4 Å². The molecule has 0 aliphatic heterocycles. The highest BCUT2D eigenvalue weighted by atomic mass is 19.1. The molecule has 0 saturated heterocycles. The predicted molar refractivity (Wildman–Crippen MR) is 66.2 cm³/mol. The van der Waals surface area contributed by atoms with Crippen LogP contribution >= 0.6 is 0 Å². The average Bonchev–Trinajstić information content (AvgIpc) is 2.72. The number of aliphatic hydroxyl groups excluding tert-OH is 1. The van der Waals surface area contributed by atoms with Crippen molar-refractivity contribution in [3.8, 4) is 11.4 Å². The van der Waals surface area contributed by atoms with Crippen LogP contribution in [0.15, 0.2) is 24.3 Å². The molecule has 0 spiro atoms. The van der Waals surface area contributed by atoms with Crippen molar-refractivity contribution >= 4 is 0 Å². The van der Waals surface area contributed by atoms with Crippen LogP contribution in [-0.2, 0) is 13.2 Å². The number of hydrogen-bond acceptors (Lipinski definition) is 3. The fourth-order valence-corrected chi connectivity index (χ4v) is 1.82. The summed E-state index contributed by atoms with van der Waals surface area (Å²) < 4.78 is 14.8. The van der Waals surface area contributed by atoms with E-state index in [0.29, 0.717) is 17.6 Å². The second kappa shape index (κ2) is 5.27. The first-order chi connectivity index (χ1) is 8.61. The van der Waals surface area contributed by atoms with Crippen LogP contribution in [0.4, 0.5) is 4.39 Å². The molecule has 0 amide bonds. The summed E-state index contributed by atoms with van der Waals surface area (Å²) in [5.41, 5.74) is 0.796. The Labute approximate surface area is 105 Å². The lowest BCUT2D eigenvalue weighted by Gasteiger charge is -2.11.